The Labute approximate surface area is 249 Å². The van der Waals surface area contributed by atoms with Crippen LogP contribution in [0.4, 0.5) is 0 Å². The zero-order valence-electron chi connectivity index (χ0n) is 27.7. The van der Waals surface area contributed by atoms with E-state index in [1.165, 1.54) is 11.1 Å². The van der Waals surface area contributed by atoms with Crippen molar-refractivity contribution < 1.29 is 10.2 Å². The van der Waals surface area contributed by atoms with Gasteiger partial charge in [0.1, 0.15) is 11.5 Å². The second-order valence-electron chi connectivity index (χ2n) is 16.8. The maximum atomic E-state index is 11.2. The number of aromatic hydroxyl groups is 2. The highest BCUT2D eigenvalue weighted by atomic mass is 16.3. The lowest BCUT2D eigenvalue weighted by atomic mass is 9.79. The molecule has 2 bridgehead atoms. The van der Waals surface area contributed by atoms with E-state index in [0.29, 0.717) is 23.3 Å². The van der Waals surface area contributed by atoms with Crippen molar-refractivity contribution in [2.45, 2.75) is 136 Å². The summed E-state index contributed by atoms with van der Waals surface area (Å²) < 4.78 is 0. The van der Waals surface area contributed by atoms with E-state index >= 15 is 0 Å². The lowest BCUT2D eigenvalue weighted by Crippen LogP contribution is -2.23. The summed E-state index contributed by atoms with van der Waals surface area (Å²) in [4.78, 5) is 10.1. The molecule has 2 fully saturated rings. The molecule has 2 aromatic carbocycles. The third-order valence-electron chi connectivity index (χ3n) is 9.22. The Morgan fingerprint density at radius 2 is 0.878 bits per heavy atom. The molecule has 3 unspecified atom stereocenters. The van der Waals surface area contributed by atoms with Gasteiger partial charge < -0.3 is 10.2 Å². The summed E-state index contributed by atoms with van der Waals surface area (Å²) in [5.41, 5.74) is 5.71. The molecule has 0 spiro atoms. The van der Waals surface area contributed by atoms with Crippen molar-refractivity contribution in [2.75, 3.05) is 0 Å². The summed E-state index contributed by atoms with van der Waals surface area (Å²) in [6.45, 7) is 26.2. The van der Waals surface area contributed by atoms with Gasteiger partial charge in [0, 0.05) is 34.7 Å². The molecule has 224 valence electrons. The Morgan fingerprint density at radius 1 is 0.537 bits per heavy atom. The van der Waals surface area contributed by atoms with Gasteiger partial charge in [0.2, 0.25) is 0 Å². The topological polar surface area (TPSA) is 65.2 Å². The van der Waals surface area contributed by atoms with Crippen molar-refractivity contribution in [3.8, 4) is 11.5 Å². The third-order valence-corrected chi connectivity index (χ3v) is 9.22. The minimum atomic E-state index is -0.153. The van der Waals surface area contributed by atoms with Crippen molar-refractivity contribution in [3.63, 3.8) is 0 Å². The lowest BCUT2D eigenvalue weighted by molar-refractivity contribution is 0.379. The maximum absolute atomic E-state index is 11.2. The fraction of sp³-hybridized carbons (Fsp3) is 0.622. The van der Waals surface area contributed by atoms with Crippen LogP contribution in [0.2, 0.25) is 0 Å². The zero-order chi connectivity index (χ0) is 30.7. The molecular weight excluding hydrogens is 504 g/mol. The SMILES string of the molecule is CC(C)(C)c1cc(C=NC2C[C@@H]3CC2CC3N=Cc2cc(C(C)(C)C)cc(C(C)(C)C)c2O)c(O)c(C(C)(C)C)c1. The predicted octanol–water partition coefficient (Wildman–Crippen LogP) is 8.99. The number of phenols is 2. The normalized spacial score (nSPS) is 23.8. The second kappa shape index (κ2) is 10.6. The number of hydrogen-bond donors (Lipinski definition) is 2. The van der Waals surface area contributed by atoms with Gasteiger partial charge in [-0.15, -0.1) is 0 Å². The molecule has 2 aromatic rings. The molecule has 2 aliphatic rings. The molecule has 0 heterocycles. The summed E-state index contributed by atoms with van der Waals surface area (Å²) in [5.74, 6) is 1.72. The molecule has 4 nitrogen and oxygen atoms in total. The fourth-order valence-electron chi connectivity index (χ4n) is 6.45. The number of rotatable bonds is 4. The summed E-state index contributed by atoms with van der Waals surface area (Å²) in [6.07, 6.45) is 7.04. The van der Waals surface area contributed by atoms with E-state index in [0.717, 1.165) is 41.5 Å². The molecule has 2 N–H and O–H groups in total. The smallest absolute Gasteiger partial charge is 0.128 e. The van der Waals surface area contributed by atoms with Gasteiger partial charge in [0.25, 0.3) is 0 Å². The summed E-state index contributed by atoms with van der Waals surface area (Å²) >= 11 is 0. The summed E-state index contributed by atoms with van der Waals surface area (Å²) in [6, 6.07) is 9.08. The Kier molecular flexibility index (Phi) is 8.08. The number of phenolic OH excluding ortho intramolecular Hbond substituents is 2. The number of hydrogen-bond acceptors (Lipinski definition) is 4. The second-order valence-corrected chi connectivity index (χ2v) is 16.8. The highest BCUT2D eigenvalue weighted by molar-refractivity contribution is 5.86. The van der Waals surface area contributed by atoms with Crippen LogP contribution in [0.15, 0.2) is 34.3 Å². The van der Waals surface area contributed by atoms with Crippen molar-refractivity contribution in [1.82, 2.24) is 0 Å². The van der Waals surface area contributed by atoms with E-state index in [4.69, 9.17) is 9.98 Å². The van der Waals surface area contributed by atoms with Crippen LogP contribution in [-0.4, -0.2) is 34.7 Å². The number of nitrogens with zero attached hydrogens (tertiary/aromatic N) is 2. The maximum Gasteiger partial charge on any atom is 0.128 e. The van der Waals surface area contributed by atoms with Crippen LogP contribution in [0.3, 0.4) is 0 Å². The summed E-state index contributed by atoms with van der Waals surface area (Å²) in [7, 11) is 0. The van der Waals surface area contributed by atoms with Gasteiger partial charge in [-0.05, 0) is 76.0 Å². The molecule has 2 aliphatic carbocycles. The molecule has 41 heavy (non-hydrogen) atoms. The van der Waals surface area contributed by atoms with Crippen molar-refractivity contribution in [2.24, 2.45) is 21.8 Å². The average Bonchev–Trinajstić information content (AvgIpc) is 3.40. The first-order chi connectivity index (χ1) is 18.7. The molecule has 0 aromatic heterocycles. The average molecular weight is 559 g/mol. The van der Waals surface area contributed by atoms with Crippen molar-refractivity contribution >= 4 is 12.4 Å². The zero-order valence-corrected chi connectivity index (χ0v) is 27.7. The Balaban J connectivity index is 1.54. The van der Waals surface area contributed by atoms with Crippen LogP contribution >= 0.6 is 0 Å². The van der Waals surface area contributed by atoms with Gasteiger partial charge in [-0.1, -0.05) is 95.2 Å². The van der Waals surface area contributed by atoms with Crippen molar-refractivity contribution in [1.29, 1.82) is 0 Å². The lowest BCUT2D eigenvalue weighted by Gasteiger charge is -2.27. The van der Waals surface area contributed by atoms with E-state index in [9.17, 15) is 10.2 Å². The number of aliphatic imine (C=N–C) groups is 2. The van der Waals surface area contributed by atoms with Crippen LogP contribution in [0.25, 0.3) is 0 Å². The van der Waals surface area contributed by atoms with Gasteiger partial charge >= 0.3 is 0 Å². The van der Waals surface area contributed by atoms with Gasteiger partial charge in [0.05, 0.1) is 12.1 Å². The van der Waals surface area contributed by atoms with Crippen LogP contribution in [0.1, 0.15) is 136 Å². The third kappa shape index (κ3) is 6.73. The summed E-state index contributed by atoms with van der Waals surface area (Å²) in [5, 5.41) is 22.3. The van der Waals surface area contributed by atoms with Gasteiger partial charge in [-0.2, -0.15) is 0 Å². The van der Waals surface area contributed by atoms with E-state index in [2.05, 4.69) is 107 Å². The standard InChI is InChI=1S/C37H54N2O2/c1-34(2,3)26-14-24(32(40)28(18-26)36(7,8)9)20-38-30-16-23-13-22(30)17-31(23)39-21-25-15-27(35(4,5)6)19-29(33(25)41)37(10,11)12/h14-15,18-23,30-31,40-41H,13,16-17H2,1-12H3/t22-,23?,30?,31?/m0/s1. The molecule has 0 amide bonds. The quantitative estimate of drug-likeness (QED) is 0.368. The molecule has 4 heteroatoms. The number of fused-ring (bicyclic) bond motifs is 2. The fourth-order valence-corrected chi connectivity index (χ4v) is 6.45. The van der Waals surface area contributed by atoms with Crippen LogP contribution in [0.5, 0.6) is 11.5 Å². The highest BCUT2D eigenvalue weighted by Crippen LogP contribution is 2.48. The van der Waals surface area contributed by atoms with E-state index in [-0.39, 0.29) is 33.7 Å². The largest absolute Gasteiger partial charge is 0.507 e. The molecule has 4 rings (SSSR count). The monoisotopic (exact) mass is 558 g/mol. The minimum Gasteiger partial charge on any atom is -0.507 e. The molecule has 0 saturated heterocycles. The van der Waals surface area contributed by atoms with Crippen molar-refractivity contribution in [3.05, 3.63) is 57.6 Å². The van der Waals surface area contributed by atoms with E-state index in [1.807, 2.05) is 12.4 Å². The first kappa shape index (κ1) is 31.3. The molecule has 4 atom stereocenters. The molecule has 2 saturated carbocycles. The Hall–Kier alpha value is -2.62. The van der Waals surface area contributed by atoms with Gasteiger partial charge in [-0.25, -0.2) is 0 Å². The van der Waals surface area contributed by atoms with Crippen LogP contribution in [-0.2, 0) is 21.7 Å². The molecular formula is C37H54N2O2. The minimum absolute atomic E-state index is 0.0115. The highest BCUT2D eigenvalue weighted by Gasteiger charge is 2.45. The van der Waals surface area contributed by atoms with E-state index in [1.54, 1.807) is 0 Å². The number of benzene rings is 2. The molecule has 0 aliphatic heterocycles. The van der Waals surface area contributed by atoms with Gasteiger partial charge in [0.15, 0.2) is 0 Å². The Bertz CT molecular complexity index is 1240. The van der Waals surface area contributed by atoms with Crippen LogP contribution < -0.4 is 0 Å². The van der Waals surface area contributed by atoms with E-state index < -0.39 is 0 Å². The first-order valence-electron chi connectivity index (χ1n) is 15.5. The first-order valence-corrected chi connectivity index (χ1v) is 15.5. The predicted molar refractivity (Wildman–Crippen MR) is 175 cm³/mol. The molecule has 0 radical (unpaired) electrons. The van der Waals surface area contributed by atoms with Crippen LogP contribution in [0, 0.1) is 11.8 Å². The Morgan fingerprint density at radius 3 is 1.15 bits per heavy atom. The van der Waals surface area contributed by atoms with Gasteiger partial charge in [-0.3, -0.25) is 9.98 Å².